The first kappa shape index (κ1) is 15.3. The van der Waals surface area contributed by atoms with Crippen LogP contribution < -0.4 is 10.6 Å². The fraction of sp³-hybridized carbons (Fsp3) is 0.467. The molecule has 0 radical (unpaired) electrons. The third-order valence-electron chi connectivity index (χ3n) is 3.69. The highest BCUT2D eigenvalue weighted by molar-refractivity contribution is 5.94. The average molecular weight is 291 g/mol. The van der Waals surface area contributed by atoms with Crippen molar-refractivity contribution in [1.82, 2.24) is 10.2 Å². The lowest BCUT2D eigenvalue weighted by molar-refractivity contribution is 0.0696. The van der Waals surface area contributed by atoms with Gasteiger partial charge in [-0.1, -0.05) is 6.07 Å². The predicted molar refractivity (Wildman–Crippen MR) is 80.8 cm³/mol. The van der Waals surface area contributed by atoms with Crippen molar-refractivity contribution >= 4 is 17.7 Å². The number of hydrogen-bond acceptors (Lipinski definition) is 3. The van der Waals surface area contributed by atoms with Crippen LogP contribution in [0.4, 0.5) is 10.5 Å². The molecule has 114 valence electrons. The zero-order chi connectivity index (χ0) is 15.4. The number of piperidine rings is 1. The molecule has 1 aromatic carbocycles. The molecular weight excluding hydrogens is 270 g/mol. The van der Waals surface area contributed by atoms with E-state index in [0.29, 0.717) is 11.3 Å². The van der Waals surface area contributed by atoms with E-state index in [-0.39, 0.29) is 17.6 Å². The van der Waals surface area contributed by atoms with Gasteiger partial charge < -0.3 is 20.6 Å². The van der Waals surface area contributed by atoms with Crippen molar-refractivity contribution in [1.29, 1.82) is 0 Å². The maximum atomic E-state index is 12.0. The van der Waals surface area contributed by atoms with Gasteiger partial charge in [0.2, 0.25) is 0 Å². The molecule has 0 aromatic heterocycles. The summed E-state index contributed by atoms with van der Waals surface area (Å²) >= 11 is 0. The summed E-state index contributed by atoms with van der Waals surface area (Å²) in [5.41, 5.74) is 1.35. The highest BCUT2D eigenvalue weighted by atomic mass is 16.4. The molecule has 3 N–H and O–H groups in total. The fourth-order valence-electron chi connectivity index (χ4n) is 2.57. The summed E-state index contributed by atoms with van der Waals surface area (Å²) in [6.45, 7) is 3.62. The number of carbonyl (C=O) groups is 2. The highest BCUT2D eigenvalue weighted by Crippen LogP contribution is 2.15. The molecule has 6 heteroatoms. The third-order valence-corrected chi connectivity index (χ3v) is 3.69. The largest absolute Gasteiger partial charge is 0.478 e. The van der Waals surface area contributed by atoms with Crippen LogP contribution in [0.1, 0.15) is 28.8 Å². The smallest absolute Gasteiger partial charge is 0.336 e. The van der Waals surface area contributed by atoms with Crippen LogP contribution in [-0.2, 0) is 0 Å². The van der Waals surface area contributed by atoms with E-state index in [1.807, 2.05) is 7.05 Å². The highest BCUT2D eigenvalue weighted by Gasteiger charge is 2.19. The third kappa shape index (κ3) is 4.19. The van der Waals surface area contributed by atoms with E-state index in [9.17, 15) is 9.59 Å². The second-order valence-electron chi connectivity index (χ2n) is 5.53. The molecule has 0 spiro atoms. The van der Waals surface area contributed by atoms with Crippen LogP contribution >= 0.6 is 0 Å². The molecule has 2 amide bonds. The molecule has 21 heavy (non-hydrogen) atoms. The van der Waals surface area contributed by atoms with Crippen molar-refractivity contribution in [3.8, 4) is 0 Å². The van der Waals surface area contributed by atoms with Gasteiger partial charge in [0.25, 0.3) is 0 Å². The van der Waals surface area contributed by atoms with Crippen LogP contribution in [0, 0.1) is 6.92 Å². The van der Waals surface area contributed by atoms with Crippen molar-refractivity contribution in [3.05, 3.63) is 29.3 Å². The maximum absolute atomic E-state index is 12.0. The first-order valence-electron chi connectivity index (χ1n) is 7.05. The van der Waals surface area contributed by atoms with Gasteiger partial charge in [-0.2, -0.15) is 0 Å². The van der Waals surface area contributed by atoms with Crippen LogP contribution in [0.15, 0.2) is 18.2 Å². The van der Waals surface area contributed by atoms with Gasteiger partial charge in [0.15, 0.2) is 0 Å². The van der Waals surface area contributed by atoms with Crippen molar-refractivity contribution in [2.75, 3.05) is 25.5 Å². The summed E-state index contributed by atoms with van der Waals surface area (Å²) in [5.74, 6) is -0.995. The molecule has 6 nitrogen and oxygen atoms in total. The Morgan fingerprint density at radius 3 is 2.81 bits per heavy atom. The van der Waals surface area contributed by atoms with Crippen LogP contribution in [0.25, 0.3) is 0 Å². The van der Waals surface area contributed by atoms with E-state index < -0.39 is 5.97 Å². The van der Waals surface area contributed by atoms with Crippen LogP contribution in [0.2, 0.25) is 0 Å². The number of likely N-dealkylation sites (N-methyl/N-ethyl adjacent to an activating group) is 1. The van der Waals surface area contributed by atoms with Crippen molar-refractivity contribution in [2.24, 2.45) is 0 Å². The summed E-state index contributed by atoms with van der Waals surface area (Å²) in [7, 11) is 2.03. The van der Waals surface area contributed by atoms with Gasteiger partial charge in [-0.15, -0.1) is 0 Å². The number of aromatic carboxylic acids is 1. The molecule has 1 aromatic rings. The number of likely N-dealkylation sites (tertiary alicyclic amines) is 1. The average Bonchev–Trinajstić information content (AvgIpc) is 2.40. The van der Waals surface area contributed by atoms with Gasteiger partial charge in [-0.3, -0.25) is 0 Å². The molecule has 1 fully saturated rings. The Bertz CT molecular complexity index is 545. The van der Waals surface area contributed by atoms with Gasteiger partial charge >= 0.3 is 12.0 Å². The number of rotatable bonds is 3. The molecule has 1 unspecified atom stereocenters. The first-order valence-corrected chi connectivity index (χ1v) is 7.05. The van der Waals surface area contributed by atoms with Crippen molar-refractivity contribution in [3.63, 3.8) is 0 Å². The standard InChI is InChI=1S/C15H21N3O3/c1-10-5-6-11(8-13(10)14(19)20)16-15(21)17-12-4-3-7-18(2)9-12/h5-6,8,12H,3-4,7,9H2,1-2H3,(H,19,20)(H2,16,17,21). The fourth-order valence-corrected chi connectivity index (χ4v) is 2.57. The molecule has 1 heterocycles. The number of nitrogens with zero attached hydrogens (tertiary/aromatic N) is 1. The minimum Gasteiger partial charge on any atom is -0.478 e. The summed E-state index contributed by atoms with van der Waals surface area (Å²) in [6, 6.07) is 4.70. The summed E-state index contributed by atoms with van der Waals surface area (Å²) < 4.78 is 0. The minimum atomic E-state index is -0.995. The molecule has 1 aliphatic heterocycles. The quantitative estimate of drug-likeness (QED) is 0.794. The lowest BCUT2D eigenvalue weighted by atomic mass is 10.1. The summed E-state index contributed by atoms with van der Waals surface area (Å²) in [6.07, 6.45) is 2.03. The SMILES string of the molecule is Cc1ccc(NC(=O)NC2CCCN(C)C2)cc1C(=O)O. The topological polar surface area (TPSA) is 81.7 Å². The normalized spacial score (nSPS) is 19.0. The van der Waals surface area contributed by atoms with Crippen LogP contribution in [0.3, 0.4) is 0 Å². The molecule has 0 bridgehead atoms. The van der Waals surface area contributed by atoms with Gasteiger partial charge in [0.05, 0.1) is 5.56 Å². The molecule has 2 rings (SSSR count). The number of carboxylic acid groups (broad SMARTS) is 1. The number of aryl methyl sites for hydroxylation is 1. The number of urea groups is 1. The predicted octanol–water partition coefficient (Wildman–Crippen LogP) is 1.91. The van der Waals surface area contributed by atoms with E-state index in [4.69, 9.17) is 5.11 Å². The van der Waals surface area contributed by atoms with E-state index in [1.165, 1.54) is 6.07 Å². The van der Waals surface area contributed by atoms with Crippen LogP contribution in [-0.4, -0.2) is 48.2 Å². The number of nitrogens with one attached hydrogen (secondary N) is 2. The van der Waals surface area contributed by atoms with Gasteiger partial charge in [0.1, 0.15) is 0 Å². The minimum absolute atomic E-state index is 0.133. The molecule has 0 saturated carbocycles. The number of benzene rings is 1. The Morgan fingerprint density at radius 1 is 1.38 bits per heavy atom. The van der Waals surface area contributed by atoms with Gasteiger partial charge in [-0.25, -0.2) is 9.59 Å². The zero-order valence-corrected chi connectivity index (χ0v) is 12.3. The number of anilines is 1. The Hall–Kier alpha value is -2.08. The van der Waals surface area contributed by atoms with Crippen molar-refractivity contribution < 1.29 is 14.7 Å². The first-order chi connectivity index (χ1) is 9.95. The van der Waals surface area contributed by atoms with E-state index in [2.05, 4.69) is 15.5 Å². The Balaban J connectivity index is 1.96. The Labute approximate surface area is 124 Å². The van der Waals surface area contributed by atoms with Crippen LogP contribution in [0.5, 0.6) is 0 Å². The lowest BCUT2D eigenvalue weighted by Crippen LogP contribution is -2.47. The van der Waals surface area contributed by atoms with E-state index in [1.54, 1.807) is 19.1 Å². The second kappa shape index (κ2) is 6.58. The molecule has 1 atom stereocenters. The molecule has 1 aliphatic rings. The van der Waals surface area contributed by atoms with Crippen molar-refractivity contribution in [2.45, 2.75) is 25.8 Å². The molecule has 0 aliphatic carbocycles. The van der Waals surface area contributed by atoms with E-state index >= 15 is 0 Å². The number of carboxylic acids is 1. The number of carbonyl (C=O) groups excluding carboxylic acids is 1. The van der Waals surface area contributed by atoms with Gasteiger partial charge in [0, 0.05) is 18.3 Å². The Kier molecular flexibility index (Phi) is 4.80. The lowest BCUT2D eigenvalue weighted by Gasteiger charge is -2.30. The van der Waals surface area contributed by atoms with E-state index in [0.717, 1.165) is 25.9 Å². The summed E-state index contributed by atoms with van der Waals surface area (Å²) in [4.78, 5) is 25.2. The molecular formula is C15H21N3O3. The van der Waals surface area contributed by atoms with Gasteiger partial charge in [-0.05, 0) is 51.1 Å². The monoisotopic (exact) mass is 291 g/mol. The Morgan fingerprint density at radius 2 is 2.14 bits per heavy atom. The molecule has 1 saturated heterocycles. The zero-order valence-electron chi connectivity index (χ0n) is 12.3. The maximum Gasteiger partial charge on any atom is 0.336 e. The number of hydrogen-bond donors (Lipinski definition) is 3. The summed E-state index contributed by atoms with van der Waals surface area (Å²) in [5, 5.41) is 14.7. The number of amides is 2. The second-order valence-corrected chi connectivity index (χ2v) is 5.53.